The van der Waals surface area contributed by atoms with Gasteiger partial charge in [0, 0.05) is 6.07 Å². The average molecular weight is 147 g/mol. The molecule has 1 rings (SSSR count). The van der Waals surface area contributed by atoms with E-state index in [9.17, 15) is 0 Å². The summed E-state index contributed by atoms with van der Waals surface area (Å²) in [5, 5.41) is 0. The molecule has 57 valence electrons. The highest BCUT2D eigenvalue weighted by Gasteiger charge is 1.92. The molecule has 1 radical (unpaired) electrons. The molecule has 0 bridgehead atoms. The Kier molecular flexibility index (Phi) is 2.73. The molecule has 11 heavy (non-hydrogen) atoms. The van der Waals surface area contributed by atoms with Crippen molar-refractivity contribution in [1.29, 1.82) is 0 Å². The lowest BCUT2D eigenvalue weighted by atomic mass is 10.1. The number of allylic oxidation sites excluding steroid dienone is 1. The van der Waals surface area contributed by atoms with Crippen LogP contribution in [-0.2, 0) is 6.42 Å². The smallest absolute Gasteiger partial charge is 0.127 e. The molecule has 0 saturated carbocycles. The van der Waals surface area contributed by atoms with E-state index in [0.717, 1.165) is 12.2 Å². The van der Waals surface area contributed by atoms with Gasteiger partial charge in [-0.15, -0.1) is 6.58 Å². The summed E-state index contributed by atoms with van der Waals surface area (Å²) >= 11 is 0. The second-order valence-electron chi connectivity index (χ2n) is 2.26. The van der Waals surface area contributed by atoms with E-state index in [1.807, 2.05) is 24.3 Å². The lowest BCUT2D eigenvalue weighted by molar-refractivity contribution is 0.413. The van der Waals surface area contributed by atoms with Gasteiger partial charge in [0.15, 0.2) is 0 Å². The van der Waals surface area contributed by atoms with Gasteiger partial charge in [0.2, 0.25) is 0 Å². The number of benzene rings is 1. The zero-order valence-electron chi connectivity index (χ0n) is 6.63. The van der Waals surface area contributed by atoms with Crippen molar-refractivity contribution in [2.45, 2.75) is 6.42 Å². The molecule has 0 amide bonds. The monoisotopic (exact) mass is 147 g/mol. The summed E-state index contributed by atoms with van der Waals surface area (Å²) in [7, 11) is 1.64. The van der Waals surface area contributed by atoms with Crippen LogP contribution in [0, 0.1) is 6.07 Å². The Morgan fingerprint density at radius 2 is 2.55 bits per heavy atom. The van der Waals surface area contributed by atoms with Gasteiger partial charge in [-0.3, -0.25) is 0 Å². The lowest BCUT2D eigenvalue weighted by Gasteiger charge is -2.00. The highest BCUT2D eigenvalue weighted by molar-refractivity contribution is 5.28. The molecule has 0 saturated heterocycles. The van der Waals surface area contributed by atoms with Gasteiger partial charge in [-0.25, -0.2) is 0 Å². The van der Waals surface area contributed by atoms with Crippen molar-refractivity contribution >= 4 is 0 Å². The van der Waals surface area contributed by atoms with E-state index in [-0.39, 0.29) is 0 Å². The lowest BCUT2D eigenvalue weighted by Crippen LogP contribution is -1.85. The maximum atomic E-state index is 5.01. The first-order valence-corrected chi connectivity index (χ1v) is 3.52. The van der Waals surface area contributed by atoms with Crippen LogP contribution in [0.3, 0.4) is 0 Å². The minimum atomic E-state index is 0.782. The van der Waals surface area contributed by atoms with E-state index in [1.165, 1.54) is 5.56 Å². The Bertz CT molecular complexity index is 240. The van der Waals surface area contributed by atoms with Crippen molar-refractivity contribution in [2.24, 2.45) is 0 Å². The number of methoxy groups -OCH3 is 1. The first kappa shape index (κ1) is 7.86. The summed E-state index contributed by atoms with van der Waals surface area (Å²) in [4.78, 5) is 0. The van der Waals surface area contributed by atoms with Gasteiger partial charge in [0.25, 0.3) is 0 Å². The molecule has 0 fully saturated rings. The molecular formula is C10H11O. The molecule has 0 N–H and O–H groups in total. The van der Waals surface area contributed by atoms with Crippen LogP contribution in [0.5, 0.6) is 5.75 Å². The molecule has 0 aliphatic carbocycles. The SMILES string of the molecule is C=CCc1cc[c]c(OC)c1. The fourth-order valence-electron chi connectivity index (χ4n) is 0.900. The second-order valence-corrected chi connectivity index (χ2v) is 2.26. The Morgan fingerprint density at radius 1 is 1.73 bits per heavy atom. The Hall–Kier alpha value is -1.24. The standard InChI is InChI=1S/C10H11O/c1-3-5-9-6-4-7-10(8-9)11-2/h3-4,6,8H,1,5H2,2H3. The van der Waals surface area contributed by atoms with E-state index in [2.05, 4.69) is 12.6 Å². The summed E-state index contributed by atoms with van der Waals surface area (Å²) in [5.74, 6) is 0.782. The third-order valence-electron chi connectivity index (χ3n) is 1.44. The number of hydrogen-bond acceptors (Lipinski definition) is 1. The molecule has 1 aromatic carbocycles. The maximum absolute atomic E-state index is 5.01. The minimum absolute atomic E-state index is 0.782. The van der Waals surface area contributed by atoms with Crippen LogP contribution in [0.15, 0.2) is 30.9 Å². The van der Waals surface area contributed by atoms with Crippen molar-refractivity contribution in [3.8, 4) is 5.75 Å². The summed E-state index contributed by atoms with van der Waals surface area (Å²) in [6.07, 6.45) is 2.75. The van der Waals surface area contributed by atoms with Gasteiger partial charge in [-0.2, -0.15) is 0 Å². The predicted octanol–water partition coefficient (Wildman–Crippen LogP) is 2.22. The first-order valence-electron chi connectivity index (χ1n) is 3.52. The van der Waals surface area contributed by atoms with E-state index >= 15 is 0 Å². The van der Waals surface area contributed by atoms with E-state index in [4.69, 9.17) is 4.74 Å². The highest BCUT2D eigenvalue weighted by Crippen LogP contribution is 2.11. The first-order chi connectivity index (χ1) is 5.36. The normalized spacial score (nSPS) is 9.18. The zero-order valence-corrected chi connectivity index (χ0v) is 6.63. The number of ether oxygens (including phenoxy) is 1. The maximum Gasteiger partial charge on any atom is 0.127 e. The quantitative estimate of drug-likeness (QED) is 0.596. The number of rotatable bonds is 3. The van der Waals surface area contributed by atoms with Gasteiger partial charge in [0.05, 0.1) is 7.11 Å². The van der Waals surface area contributed by atoms with Crippen molar-refractivity contribution in [3.63, 3.8) is 0 Å². The molecule has 1 aromatic rings. The van der Waals surface area contributed by atoms with E-state index in [1.54, 1.807) is 7.11 Å². The second kappa shape index (κ2) is 3.81. The van der Waals surface area contributed by atoms with E-state index < -0.39 is 0 Å². The Labute approximate surface area is 67.3 Å². The van der Waals surface area contributed by atoms with Crippen LogP contribution < -0.4 is 4.74 Å². The third kappa shape index (κ3) is 2.11. The summed E-state index contributed by atoms with van der Waals surface area (Å²) in [6.45, 7) is 3.66. The van der Waals surface area contributed by atoms with Crippen LogP contribution in [0.1, 0.15) is 5.56 Å². The summed E-state index contributed by atoms with van der Waals surface area (Å²) in [6, 6.07) is 8.78. The van der Waals surface area contributed by atoms with Crippen LogP contribution in [0.2, 0.25) is 0 Å². The molecule has 0 aliphatic rings. The molecule has 0 unspecified atom stereocenters. The molecular weight excluding hydrogens is 136 g/mol. The predicted molar refractivity (Wildman–Crippen MR) is 45.7 cm³/mol. The molecule has 0 spiro atoms. The summed E-state index contributed by atoms with van der Waals surface area (Å²) < 4.78 is 5.01. The van der Waals surface area contributed by atoms with Crippen LogP contribution in [0.25, 0.3) is 0 Å². The van der Waals surface area contributed by atoms with Gasteiger partial charge in [-0.05, 0) is 18.1 Å². The fraction of sp³-hybridized carbons (Fsp3) is 0.200. The van der Waals surface area contributed by atoms with Crippen molar-refractivity contribution < 1.29 is 4.74 Å². The molecule has 0 heterocycles. The average Bonchev–Trinajstić information content (AvgIpc) is 2.06. The van der Waals surface area contributed by atoms with Crippen LogP contribution in [0.4, 0.5) is 0 Å². The van der Waals surface area contributed by atoms with Crippen molar-refractivity contribution in [2.75, 3.05) is 7.11 Å². The van der Waals surface area contributed by atoms with Gasteiger partial charge < -0.3 is 4.74 Å². The van der Waals surface area contributed by atoms with Crippen LogP contribution >= 0.6 is 0 Å². The fourth-order valence-corrected chi connectivity index (χ4v) is 0.900. The van der Waals surface area contributed by atoms with Crippen molar-refractivity contribution in [3.05, 3.63) is 42.5 Å². The third-order valence-corrected chi connectivity index (χ3v) is 1.44. The molecule has 0 aromatic heterocycles. The van der Waals surface area contributed by atoms with Crippen molar-refractivity contribution in [1.82, 2.24) is 0 Å². The highest BCUT2D eigenvalue weighted by atomic mass is 16.5. The largest absolute Gasteiger partial charge is 0.496 e. The molecule has 1 nitrogen and oxygen atoms in total. The zero-order chi connectivity index (χ0) is 8.10. The summed E-state index contributed by atoms with van der Waals surface area (Å²) in [5.41, 5.74) is 1.20. The van der Waals surface area contributed by atoms with Gasteiger partial charge in [0.1, 0.15) is 5.75 Å². The van der Waals surface area contributed by atoms with Gasteiger partial charge in [-0.1, -0.05) is 18.2 Å². The van der Waals surface area contributed by atoms with Crippen LogP contribution in [-0.4, -0.2) is 7.11 Å². The molecule has 0 aliphatic heterocycles. The topological polar surface area (TPSA) is 9.23 Å². The molecule has 1 heteroatoms. The van der Waals surface area contributed by atoms with Gasteiger partial charge >= 0.3 is 0 Å². The minimum Gasteiger partial charge on any atom is -0.496 e. The number of hydrogen-bond donors (Lipinski definition) is 0. The Morgan fingerprint density at radius 3 is 3.18 bits per heavy atom. The Balaban J connectivity index is 2.82. The molecule has 0 atom stereocenters. The van der Waals surface area contributed by atoms with E-state index in [0.29, 0.717) is 0 Å².